The van der Waals surface area contributed by atoms with Gasteiger partial charge in [0, 0.05) is 29.9 Å². The maximum Gasteiger partial charge on any atom is 0.389 e. The van der Waals surface area contributed by atoms with Crippen LogP contribution in [0.5, 0.6) is 5.75 Å². The molecule has 4 N–H and O–H groups in total. The summed E-state index contributed by atoms with van der Waals surface area (Å²) in [6.07, 6.45) is -4.22. The minimum Gasteiger partial charge on any atom is -0.490 e. The highest BCUT2D eigenvalue weighted by Gasteiger charge is 2.31. The number of hydrogen-bond donors (Lipinski definition) is 4. The number of benzene rings is 2. The fourth-order valence-corrected chi connectivity index (χ4v) is 4.82. The molecule has 33 heavy (non-hydrogen) atoms. The van der Waals surface area contributed by atoms with E-state index in [0.717, 1.165) is 47.7 Å². The van der Waals surface area contributed by atoms with Crippen molar-refractivity contribution in [3.05, 3.63) is 41.4 Å². The smallest absolute Gasteiger partial charge is 0.389 e. The van der Waals surface area contributed by atoms with Crippen LogP contribution in [0.15, 0.2) is 36.4 Å². The average Bonchev–Trinajstić information content (AvgIpc) is 3.19. The Labute approximate surface area is 195 Å². The standard InChI is InChI=1S/C24H29ClF3N3O2/c25-18-5-6-21(22-17-3-1-2-4-20(17)31-23(18)22)33-14-16(32)13-30-19(7-10-24(26,27)28)15-8-11-29-12-9-15/h1-6,15-16,19,29-32H,7-14H2/t16-,19?/m0/s1. The van der Waals surface area contributed by atoms with Crippen LogP contribution in [-0.2, 0) is 0 Å². The van der Waals surface area contributed by atoms with E-state index in [4.69, 9.17) is 16.3 Å². The third-order valence-corrected chi connectivity index (χ3v) is 6.63. The lowest BCUT2D eigenvalue weighted by atomic mass is 9.87. The maximum atomic E-state index is 12.8. The van der Waals surface area contributed by atoms with Gasteiger partial charge in [-0.25, -0.2) is 0 Å². The molecule has 4 rings (SSSR count). The number of H-pyrrole nitrogens is 1. The SMILES string of the molecule is O[C@@H](CNC(CCC(F)(F)F)C1CCNCC1)COc1ccc(Cl)c2[nH]c3ccccc3c12. The van der Waals surface area contributed by atoms with Crippen molar-refractivity contribution in [2.45, 2.75) is 44.0 Å². The Morgan fingerprint density at radius 3 is 2.67 bits per heavy atom. The zero-order chi connectivity index (χ0) is 23.4. The fourth-order valence-electron chi connectivity index (χ4n) is 4.62. The Morgan fingerprint density at radius 2 is 1.91 bits per heavy atom. The molecule has 1 aliphatic heterocycles. The number of fused-ring (bicyclic) bond motifs is 3. The van der Waals surface area contributed by atoms with E-state index in [1.165, 1.54) is 0 Å². The lowest BCUT2D eigenvalue weighted by molar-refractivity contribution is -0.137. The molecule has 1 unspecified atom stereocenters. The molecule has 0 spiro atoms. The molecule has 0 radical (unpaired) electrons. The molecule has 0 aliphatic carbocycles. The van der Waals surface area contributed by atoms with Crippen molar-refractivity contribution >= 4 is 33.4 Å². The minimum atomic E-state index is -4.19. The summed E-state index contributed by atoms with van der Waals surface area (Å²) >= 11 is 6.35. The van der Waals surface area contributed by atoms with Crippen LogP contribution < -0.4 is 15.4 Å². The van der Waals surface area contributed by atoms with E-state index in [0.29, 0.717) is 10.8 Å². The van der Waals surface area contributed by atoms with Crippen molar-refractivity contribution in [2.75, 3.05) is 26.2 Å². The molecule has 5 nitrogen and oxygen atoms in total. The second kappa shape index (κ2) is 10.5. The number of aliphatic hydroxyl groups is 1. The molecule has 1 saturated heterocycles. The molecule has 9 heteroatoms. The zero-order valence-electron chi connectivity index (χ0n) is 18.2. The number of para-hydroxylation sites is 1. The topological polar surface area (TPSA) is 69.3 Å². The summed E-state index contributed by atoms with van der Waals surface area (Å²) in [7, 11) is 0. The first-order chi connectivity index (χ1) is 15.8. The summed E-state index contributed by atoms with van der Waals surface area (Å²) in [5.74, 6) is 0.752. The summed E-state index contributed by atoms with van der Waals surface area (Å²) in [6.45, 7) is 1.79. The molecular formula is C24H29ClF3N3O2. The molecule has 3 aromatic rings. The predicted molar refractivity (Wildman–Crippen MR) is 125 cm³/mol. The van der Waals surface area contributed by atoms with Gasteiger partial charge in [0.15, 0.2) is 0 Å². The van der Waals surface area contributed by atoms with E-state index in [-0.39, 0.29) is 31.5 Å². The zero-order valence-corrected chi connectivity index (χ0v) is 19.0. The Hall–Kier alpha value is -2.00. The van der Waals surface area contributed by atoms with Gasteiger partial charge in [0.1, 0.15) is 18.5 Å². The number of nitrogens with one attached hydrogen (secondary N) is 3. The number of aromatic nitrogens is 1. The van der Waals surface area contributed by atoms with Gasteiger partial charge >= 0.3 is 6.18 Å². The third kappa shape index (κ3) is 6.12. The molecule has 0 amide bonds. The van der Waals surface area contributed by atoms with Crippen LogP contribution in [-0.4, -0.2) is 54.7 Å². The fraction of sp³-hybridized carbons (Fsp3) is 0.500. The second-order valence-electron chi connectivity index (χ2n) is 8.69. The van der Waals surface area contributed by atoms with E-state index >= 15 is 0 Å². The Morgan fingerprint density at radius 1 is 1.15 bits per heavy atom. The van der Waals surface area contributed by atoms with E-state index in [1.807, 2.05) is 24.3 Å². The molecular weight excluding hydrogens is 455 g/mol. The van der Waals surface area contributed by atoms with Crippen LogP contribution in [0.3, 0.4) is 0 Å². The highest BCUT2D eigenvalue weighted by atomic mass is 35.5. The van der Waals surface area contributed by atoms with Crippen molar-refractivity contribution in [1.82, 2.24) is 15.6 Å². The molecule has 2 atom stereocenters. The van der Waals surface area contributed by atoms with Gasteiger partial charge in [0.05, 0.1) is 15.9 Å². The summed E-state index contributed by atoms with van der Waals surface area (Å²) < 4.78 is 44.4. The highest BCUT2D eigenvalue weighted by molar-refractivity contribution is 6.36. The van der Waals surface area contributed by atoms with Crippen molar-refractivity contribution in [1.29, 1.82) is 0 Å². The number of halogens is 4. The second-order valence-corrected chi connectivity index (χ2v) is 9.09. The number of hydrogen-bond acceptors (Lipinski definition) is 4. The van der Waals surface area contributed by atoms with E-state index < -0.39 is 18.7 Å². The lowest BCUT2D eigenvalue weighted by Gasteiger charge is -2.32. The number of alkyl halides is 3. The molecule has 0 bridgehead atoms. The van der Waals surface area contributed by atoms with Crippen LogP contribution in [0.2, 0.25) is 5.02 Å². The third-order valence-electron chi connectivity index (χ3n) is 6.31. The summed E-state index contributed by atoms with van der Waals surface area (Å²) in [5, 5.41) is 19.3. The van der Waals surface area contributed by atoms with Crippen LogP contribution in [0.4, 0.5) is 13.2 Å². The van der Waals surface area contributed by atoms with E-state index in [1.54, 1.807) is 12.1 Å². The number of rotatable bonds is 9. The Balaban J connectivity index is 1.39. The first-order valence-corrected chi connectivity index (χ1v) is 11.7. The van der Waals surface area contributed by atoms with Crippen molar-refractivity contribution in [3.63, 3.8) is 0 Å². The number of aliphatic hydroxyl groups excluding tert-OH is 1. The first kappa shape index (κ1) is 24.1. The number of ether oxygens (including phenoxy) is 1. The van der Waals surface area contributed by atoms with Gasteiger partial charge in [-0.15, -0.1) is 0 Å². The number of aromatic amines is 1. The molecule has 2 heterocycles. The first-order valence-electron chi connectivity index (χ1n) is 11.3. The minimum absolute atomic E-state index is 0.00882. The van der Waals surface area contributed by atoms with Crippen molar-refractivity contribution < 1.29 is 23.0 Å². The molecule has 1 aliphatic rings. The van der Waals surface area contributed by atoms with Crippen molar-refractivity contribution in [3.8, 4) is 5.75 Å². The van der Waals surface area contributed by atoms with Gasteiger partial charge in [0.25, 0.3) is 0 Å². The van der Waals surface area contributed by atoms with Gasteiger partial charge in [-0.3, -0.25) is 0 Å². The molecule has 1 aromatic heterocycles. The molecule has 1 fully saturated rings. The van der Waals surface area contributed by atoms with E-state index in [2.05, 4.69) is 15.6 Å². The normalized spacial score (nSPS) is 17.5. The molecule has 0 saturated carbocycles. The quantitative estimate of drug-likeness (QED) is 0.345. The van der Waals surface area contributed by atoms with Gasteiger partial charge in [-0.1, -0.05) is 29.8 Å². The monoisotopic (exact) mass is 483 g/mol. The van der Waals surface area contributed by atoms with Crippen LogP contribution in [0, 0.1) is 5.92 Å². The summed E-state index contributed by atoms with van der Waals surface area (Å²) in [6, 6.07) is 11.0. The predicted octanol–water partition coefficient (Wildman–Crippen LogP) is 5.01. The van der Waals surface area contributed by atoms with Crippen LogP contribution >= 0.6 is 11.6 Å². The summed E-state index contributed by atoms with van der Waals surface area (Å²) in [4.78, 5) is 3.29. The van der Waals surface area contributed by atoms with Crippen LogP contribution in [0.25, 0.3) is 21.8 Å². The Kier molecular flexibility index (Phi) is 7.69. The van der Waals surface area contributed by atoms with Gasteiger partial charge in [0.2, 0.25) is 0 Å². The highest BCUT2D eigenvalue weighted by Crippen LogP contribution is 2.37. The average molecular weight is 484 g/mol. The van der Waals surface area contributed by atoms with Crippen molar-refractivity contribution in [2.24, 2.45) is 5.92 Å². The van der Waals surface area contributed by atoms with Crippen LogP contribution in [0.1, 0.15) is 25.7 Å². The summed E-state index contributed by atoms with van der Waals surface area (Å²) in [5.41, 5.74) is 1.70. The molecule has 2 aromatic carbocycles. The Bertz CT molecular complexity index is 1070. The maximum absolute atomic E-state index is 12.8. The molecule has 180 valence electrons. The van der Waals surface area contributed by atoms with Gasteiger partial charge < -0.3 is 25.5 Å². The number of piperidine rings is 1. The lowest BCUT2D eigenvalue weighted by Crippen LogP contribution is -2.45. The largest absolute Gasteiger partial charge is 0.490 e. The van der Waals surface area contributed by atoms with E-state index in [9.17, 15) is 18.3 Å². The van der Waals surface area contributed by atoms with Gasteiger partial charge in [-0.2, -0.15) is 13.2 Å². The van der Waals surface area contributed by atoms with Gasteiger partial charge in [-0.05, 0) is 56.5 Å².